The zero-order chi connectivity index (χ0) is 13.8. The molecule has 2 radical (unpaired) electrons. The molecule has 0 atom stereocenters. The molecule has 1 aliphatic rings. The van der Waals surface area contributed by atoms with Crippen LogP contribution in [0.3, 0.4) is 0 Å². The minimum atomic E-state index is -4.41. The molecule has 0 bridgehead atoms. The minimum absolute atomic E-state index is 0.00354. The van der Waals surface area contributed by atoms with Crippen LogP contribution in [-0.2, 0) is 6.18 Å². The second-order valence-electron chi connectivity index (χ2n) is 4.88. The van der Waals surface area contributed by atoms with Crippen molar-refractivity contribution in [3.8, 4) is 0 Å². The van der Waals surface area contributed by atoms with Crippen LogP contribution in [0, 0.1) is 0 Å². The van der Waals surface area contributed by atoms with Crippen LogP contribution in [0.15, 0.2) is 22.8 Å². The molecule has 0 saturated heterocycles. The highest BCUT2D eigenvalue weighted by Gasteiger charge is 2.35. The first-order valence-electron chi connectivity index (χ1n) is 5.86. The summed E-state index contributed by atoms with van der Waals surface area (Å²) in [6, 6.07) is 2.82. The maximum atomic E-state index is 13.0. The molecule has 98 valence electrons. The van der Waals surface area contributed by atoms with Gasteiger partial charge in [-0.15, -0.1) is 0 Å². The van der Waals surface area contributed by atoms with Crippen LogP contribution in [0.25, 0.3) is 10.9 Å². The van der Waals surface area contributed by atoms with Crippen LogP contribution < -0.4 is 0 Å². The van der Waals surface area contributed by atoms with Gasteiger partial charge in [-0.2, -0.15) is 18.3 Å². The molecule has 1 aromatic heterocycles. The normalized spacial score (nSPS) is 23.6. The number of hydrogen-bond acceptors (Lipinski definition) is 1. The predicted molar refractivity (Wildman–Crippen MR) is 70.2 cm³/mol. The highest BCUT2D eigenvalue weighted by molar-refractivity contribution is 9.10. The first-order valence-corrected chi connectivity index (χ1v) is 6.65. The van der Waals surface area contributed by atoms with E-state index in [1.54, 1.807) is 16.9 Å². The van der Waals surface area contributed by atoms with Gasteiger partial charge in [0.25, 0.3) is 0 Å². The summed E-state index contributed by atoms with van der Waals surface area (Å²) in [6.07, 6.45) is -1.23. The van der Waals surface area contributed by atoms with Crippen molar-refractivity contribution in [2.45, 2.75) is 30.9 Å². The van der Waals surface area contributed by atoms with Crippen LogP contribution >= 0.6 is 15.9 Å². The molecular formula is C12H9BBrF3N2. The van der Waals surface area contributed by atoms with E-state index in [4.69, 9.17) is 7.85 Å². The van der Waals surface area contributed by atoms with Gasteiger partial charge in [-0.05, 0) is 25.0 Å². The van der Waals surface area contributed by atoms with Gasteiger partial charge < -0.3 is 0 Å². The summed E-state index contributed by atoms with van der Waals surface area (Å²) >= 11 is 3.11. The molecule has 0 spiro atoms. The molecule has 0 aliphatic heterocycles. The molecule has 0 unspecified atom stereocenters. The number of alkyl halides is 3. The lowest BCUT2D eigenvalue weighted by Gasteiger charge is -2.33. The van der Waals surface area contributed by atoms with Crippen molar-refractivity contribution in [1.82, 2.24) is 9.78 Å². The summed E-state index contributed by atoms with van der Waals surface area (Å²) in [7, 11) is 5.70. The van der Waals surface area contributed by atoms with E-state index in [0.29, 0.717) is 9.86 Å². The van der Waals surface area contributed by atoms with Crippen molar-refractivity contribution in [3.05, 3.63) is 28.4 Å². The Kier molecular flexibility index (Phi) is 2.92. The van der Waals surface area contributed by atoms with E-state index in [-0.39, 0.29) is 17.4 Å². The molecule has 2 aromatic rings. The van der Waals surface area contributed by atoms with Crippen molar-refractivity contribution < 1.29 is 13.2 Å². The number of halogens is 4. The van der Waals surface area contributed by atoms with E-state index >= 15 is 0 Å². The van der Waals surface area contributed by atoms with Gasteiger partial charge in [0.15, 0.2) is 0 Å². The van der Waals surface area contributed by atoms with Gasteiger partial charge in [-0.1, -0.05) is 21.7 Å². The van der Waals surface area contributed by atoms with Gasteiger partial charge >= 0.3 is 6.18 Å². The van der Waals surface area contributed by atoms with E-state index in [2.05, 4.69) is 21.0 Å². The SMILES string of the molecule is [B]C1CC(n2cc3cc(Br)cc(C(F)(F)F)c3n2)C1. The number of fused-ring (bicyclic) bond motifs is 1. The fraction of sp³-hybridized carbons (Fsp3) is 0.417. The summed E-state index contributed by atoms with van der Waals surface area (Å²) in [5, 5.41) is 4.59. The van der Waals surface area contributed by atoms with Crippen molar-refractivity contribution in [3.63, 3.8) is 0 Å². The predicted octanol–water partition coefficient (Wildman–Crippen LogP) is 4.11. The lowest BCUT2D eigenvalue weighted by Crippen LogP contribution is -2.23. The molecule has 7 heteroatoms. The van der Waals surface area contributed by atoms with Crippen molar-refractivity contribution in [2.75, 3.05) is 0 Å². The first-order chi connectivity index (χ1) is 8.84. The maximum absolute atomic E-state index is 13.0. The van der Waals surface area contributed by atoms with Gasteiger partial charge in [0.05, 0.1) is 19.5 Å². The van der Waals surface area contributed by atoms with Crippen LogP contribution in [-0.4, -0.2) is 17.6 Å². The molecular weight excluding hydrogens is 320 g/mol. The van der Waals surface area contributed by atoms with E-state index in [0.717, 1.165) is 18.9 Å². The summed E-state index contributed by atoms with van der Waals surface area (Å²) in [5.41, 5.74) is -0.713. The highest BCUT2D eigenvalue weighted by atomic mass is 79.9. The number of aromatic nitrogens is 2. The zero-order valence-electron chi connectivity index (χ0n) is 9.78. The highest BCUT2D eigenvalue weighted by Crippen LogP contribution is 2.41. The average molecular weight is 329 g/mol. The Balaban J connectivity index is 2.11. The minimum Gasteiger partial charge on any atom is -0.268 e. The van der Waals surface area contributed by atoms with Crippen LogP contribution in [0.1, 0.15) is 24.4 Å². The lowest BCUT2D eigenvalue weighted by molar-refractivity contribution is -0.136. The smallest absolute Gasteiger partial charge is 0.268 e. The molecule has 3 rings (SSSR count). The summed E-state index contributed by atoms with van der Waals surface area (Å²) in [4.78, 5) is 0. The Bertz CT molecular complexity index is 632. The van der Waals surface area contributed by atoms with Crippen molar-refractivity contribution in [1.29, 1.82) is 0 Å². The van der Waals surface area contributed by atoms with E-state index in [1.165, 1.54) is 0 Å². The van der Waals surface area contributed by atoms with Crippen molar-refractivity contribution in [2.24, 2.45) is 0 Å². The van der Waals surface area contributed by atoms with Crippen molar-refractivity contribution >= 4 is 34.7 Å². The standard InChI is InChI=1S/C12H9BBrF3N2/c13-7-2-9(3-7)19-5-6-1-8(14)4-10(11(6)18-19)12(15,16)17/h1,4-5,7,9H,2-3H2. The van der Waals surface area contributed by atoms with E-state index < -0.39 is 11.7 Å². The number of hydrogen-bond donors (Lipinski definition) is 0. The van der Waals surface area contributed by atoms with E-state index in [1.807, 2.05) is 0 Å². The first kappa shape index (κ1) is 13.0. The summed E-state index contributed by atoms with van der Waals surface area (Å²) < 4.78 is 40.9. The van der Waals surface area contributed by atoms with E-state index in [9.17, 15) is 13.2 Å². The quantitative estimate of drug-likeness (QED) is 0.720. The summed E-state index contributed by atoms with van der Waals surface area (Å²) in [6.45, 7) is 0. The summed E-state index contributed by atoms with van der Waals surface area (Å²) in [5.74, 6) is 0.131. The molecule has 0 N–H and O–H groups in total. The molecule has 1 fully saturated rings. The van der Waals surface area contributed by atoms with Gasteiger partial charge in [-0.25, -0.2) is 0 Å². The third kappa shape index (κ3) is 2.28. The van der Waals surface area contributed by atoms with Crippen LogP contribution in [0.4, 0.5) is 13.2 Å². The van der Waals surface area contributed by atoms with Gasteiger partial charge in [0, 0.05) is 16.1 Å². The molecule has 2 nitrogen and oxygen atoms in total. The van der Waals surface area contributed by atoms with Gasteiger partial charge in [0.2, 0.25) is 0 Å². The molecule has 1 aromatic carbocycles. The van der Waals surface area contributed by atoms with Gasteiger partial charge in [0.1, 0.15) is 5.52 Å². The van der Waals surface area contributed by atoms with Gasteiger partial charge in [-0.3, -0.25) is 4.68 Å². The Hall–Kier alpha value is -0.975. The third-order valence-corrected chi connectivity index (χ3v) is 3.88. The number of benzene rings is 1. The second kappa shape index (κ2) is 4.26. The fourth-order valence-electron chi connectivity index (χ4n) is 2.37. The number of nitrogens with zero attached hydrogens (tertiary/aromatic N) is 2. The largest absolute Gasteiger partial charge is 0.418 e. The third-order valence-electron chi connectivity index (χ3n) is 3.42. The Morgan fingerprint density at radius 1 is 1.32 bits per heavy atom. The second-order valence-corrected chi connectivity index (χ2v) is 5.80. The Morgan fingerprint density at radius 3 is 2.58 bits per heavy atom. The molecule has 1 saturated carbocycles. The Morgan fingerprint density at radius 2 is 2.00 bits per heavy atom. The monoisotopic (exact) mass is 328 g/mol. The number of rotatable bonds is 1. The molecule has 19 heavy (non-hydrogen) atoms. The molecule has 0 amide bonds. The topological polar surface area (TPSA) is 17.8 Å². The lowest BCUT2D eigenvalue weighted by atomic mass is 9.68. The molecule has 1 aliphatic carbocycles. The van der Waals surface area contributed by atoms with Crippen LogP contribution in [0.2, 0.25) is 5.82 Å². The maximum Gasteiger partial charge on any atom is 0.418 e. The van der Waals surface area contributed by atoms with Crippen LogP contribution in [0.5, 0.6) is 0 Å². The average Bonchev–Trinajstić information content (AvgIpc) is 2.65. The Labute approximate surface area is 117 Å². The molecule has 1 heterocycles. The zero-order valence-corrected chi connectivity index (χ0v) is 11.4. The fourth-order valence-corrected chi connectivity index (χ4v) is 2.84.